The predicted octanol–water partition coefficient (Wildman–Crippen LogP) is 4.60. The van der Waals surface area contributed by atoms with Crippen molar-refractivity contribution in [2.75, 3.05) is 20.1 Å². The second-order valence-corrected chi connectivity index (χ2v) is 17.9. The molecule has 0 bridgehead atoms. The molecule has 14 atom stereocenters. The van der Waals surface area contributed by atoms with E-state index in [-0.39, 0.29) is 31.2 Å². The Hall–Kier alpha value is -4.13. The summed E-state index contributed by atoms with van der Waals surface area (Å²) in [5, 5.41) is 25.0. The highest BCUT2D eigenvalue weighted by Crippen LogP contribution is 2.42. The van der Waals surface area contributed by atoms with E-state index >= 15 is 4.39 Å². The maximum Gasteiger partial charge on any atom is 0.425 e. The van der Waals surface area contributed by atoms with Gasteiger partial charge in [0.2, 0.25) is 0 Å². The van der Waals surface area contributed by atoms with Gasteiger partial charge in [-0.3, -0.25) is 19.5 Å². The number of esters is 1. The first-order chi connectivity index (χ1) is 28.6. The molecule has 1 amide bonds. The van der Waals surface area contributed by atoms with Gasteiger partial charge in [0.15, 0.2) is 17.7 Å². The number of ketones is 2. The number of carbonyl (C=O) groups is 4. The average Bonchev–Trinajstić information content (AvgIpc) is 3.81. The number of cyclic esters (lactones) is 1. The van der Waals surface area contributed by atoms with Gasteiger partial charge in [0.25, 0.3) is 5.67 Å². The maximum absolute atomic E-state index is 16.8. The zero-order valence-electron chi connectivity index (χ0n) is 37.1. The molecule has 3 aliphatic rings. The molecule has 338 valence electrons. The summed E-state index contributed by atoms with van der Waals surface area (Å²) in [4.78, 5) is 67.0. The number of amides is 1. The number of hydrazine groups is 1. The predicted molar refractivity (Wildman–Crippen MR) is 222 cm³/mol. The summed E-state index contributed by atoms with van der Waals surface area (Å²) >= 11 is 0. The first-order valence-electron chi connectivity index (χ1n) is 21.3. The van der Waals surface area contributed by atoms with Crippen LogP contribution < -0.4 is 5.43 Å². The molecule has 61 heavy (non-hydrogen) atoms. The van der Waals surface area contributed by atoms with Gasteiger partial charge in [-0.25, -0.2) is 29.4 Å². The Bertz CT molecular complexity index is 1880. The molecule has 3 aliphatic heterocycles. The molecule has 0 radical (unpaired) electrons. The molecule has 5 heterocycles. The summed E-state index contributed by atoms with van der Waals surface area (Å²) in [7, 11) is 1.80. The van der Waals surface area contributed by atoms with Crippen molar-refractivity contribution in [1.29, 1.82) is 0 Å². The molecule has 3 fully saturated rings. The number of halogens is 1. The highest BCUT2D eigenvalue weighted by atomic mass is 19.1. The molecule has 0 saturated carbocycles. The van der Waals surface area contributed by atoms with Crippen molar-refractivity contribution in [2.45, 2.75) is 154 Å². The summed E-state index contributed by atoms with van der Waals surface area (Å²) in [6.45, 7) is 18.2. The number of hydrogen-bond donors (Lipinski definition) is 3. The number of fused-ring (bicyclic) bond motifs is 1. The van der Waals surface area contributed by atoms with E-state index in [1.54, 1.807) is 59.5 Å². The number of ether oxygens (including phenoxy) is 4. The van der Waals surface area contributed by atoms with Crippen molar-refractivity contribution in [2.24, 2.45) is 17.8 Å². The molecule has 0 spiro atoms. The second kappa shape index (κ2) is 19.1. The Kier molecular flexibility index (Phi) is 15.0. The Morgan fingerprint density at radius 2 is 1.87 bits per heavy atom. The van der Waals surface area contributed by atoms with Gasteiger partial charge in [-0.05, 0) is 79.5 Å². The average molecular weight is 857 g/mol. The third-order valence-electron chi connectivity index (χ3n) is 12.9. The zero-order valence-corrected chi connectivity index (χ0v) is 37.1. The van der Waals surface area contributed by atoms with E-state index in [9.17, 15) is 29.4 Å². The Balaban J connectivity index is 1.45. The van der Waals surface area contributed by atoms with E-state index in [1.807, 2.05) is 34.7 Å². The number of carbonyl (C=O) groups excluding carboxylic acids is 4. The number of imidazole rings is 1. The third kappa shape index (κ3) is 9.92. The van der Waals surface area contributed by atoms with Gasteiger partial charge in [-0.2, -0.15) is 0 Å². The van der Waals surface area contributed by atoms with E-state index in [4.69, 9.17) is 18.9 Å². The fourth-order valence-electron chi connectivity index (χ4n) is 9.41. The Labute approximate surface area is 358 Å². The number of alkyl halides is 1. The highest BCUT2D eigenvalue weighted by Gasteiger charge is 2.62. The minimum Gasteiger partial charge on any atom is -0.455 e. The van der Waals surface area contributed by atoms with Crippen LogP contribution in [0, 0.1) is 17.8 Å². The van der Waals surface area contributed by atoms with Crippen LogP contribution in [0.5, 0.6) is 0 Å². The molecule has 3 N–H and O–H groups in total. The molecule has 3 unspecified atom stereocenters. The monoisotopic (exact) mass is 856 g/mol. The fraction of sp³-hybridized carbons (Fsp3) is 0.682. The lowest BCUT2D eigenvalue weighted by Crippen LogP contribution is -2.62. The van der Waals surface area contributed by atoms with Gasteiger partial charge >= 0.3 is 12.1 Å². The van der Waals surface area contributed by atoms with Crippen molar-refractivity contribution in [3.05, 3.63) is 49.7 Å². The van der Waals surface area contributed by atoms with Crippen LogP contribution in [0.2, 0.25) is 0 Å². The Morgan fingerprint density at radius 3 is 2.51 bits per heavy atom. The first kappa shape index (κ1) is 47.9. The van der Waals surface area contributed by atoms with Gasteiger partial charge in [-0.1, -0.05) is 33.8 Å². The molecule has 0 aliphatic carbocycles. The molecule has 16 nitrogen and oxygen atoms in total. The minimum absolute atomic E-state index is 0.0318. The van der Waals surface area contributed by atoms with Crippen LogP contribution >= 0.6 is 0 Å². The van der Waals surface area contributed by atoms with E-state index in [1.165, 1.54) is 25.8 Å². The van der Waals surface area contributed by atoms with Crippen LogP contribution in [0.25, 0.3) is 11.3 Å². The van der Waals surface area contributed by atoms with E-state index in [0.717, 1.165) is 18.2 Å². The number of nitrogens with zero attached hydrogens (tertiary/aromatic N) is 5. The molecule has 2 aromatic rings. The number of aromatic nitrogens is 3. The number of likely N-dealkylation sites (N-methyl/N-ethyl adjacent to an activating group) is 1. The van der Waals surface area contributed by atoms with Gasteiger partial charge in [0, 0.05) is 67.1 Å². The van der Waals surface area contributed by atoms with Crippen molar-refractivity contribution in [3.8, 4) is 11.3 Å². The van der Waals surface area contributed by atoms with E-state index in [2.05, 4.69) is 22.0 Å². The lowest BCUT2D eigenvalue weighted by atomic mass is 9.73. The van der Waals surface area contributed by atoms with Gasteiger partial charge in [-0.15, -0.1) is 6.58 Å². The lowest BCUT2D eigenvalue weighted by Gasteiger charge is -2.46. The van der Waals surface area contributed by atoms with Crippen LogP contribution in [0.15, 0.2) is 49.7 Å². The molecule has 2 aromatic heterocycles. The summed E-state index contributed by atoms with van der Waals surface area (Å²) in [6.07, 6.45) is 2.65. The highest BCUT2D eigenvalue weighted by molar-refractivity contribution is 6.08. The number of aliphatic hydroxyl groups is 2. The number of hydrogen-bond acceptors (Lipinski definition) is 14. The topological polar surface area (TPSA) is 195 Å². The second-order valence-electron chi connectivity index (χ2n) is 17.9. The maximum atomic E-state index is 16.8. The first-order valence-corrected chi connectivity index (χ1v) is 21.3. The van der Waals surface area contributed by atoms with Crippen LogP contribution in [0.3, 0.4) is 0 Å². The van der Waals surface area contributed by atoms with Crippen LogP contribution in [-0.2, 0) is 33.3 Å². The molecule has 17 heteroatoms. The number of Topliss-reactive ketones (excluding diaryl/α,β-unsaturated/α-hetero) is 2. The van der Waals surface area contributed by atoms with Crippen molar-refractivity contribution < 1.29 is 52.7 Å². The summed E-state index contributed by atoms with van der Waals surface area (Å²) < 4.78 is 42.9. The van der Waals surface area contributed by atoms with Gasteiger partial charge in [0.1, 0.15) is 24.0 Å². The number of rotatable bonds is 12. The lowest BCUT2D eigenvalue weighted by molar-refractivity contribution is -0.293. The smallest absolute Gasteiger partial charge is 0.425 e. The van der Waals surface area contributed by atoms with Gasteiger partial charge in [0.05, 0.1) is 29.8 Å². The number of aliphatic hydroxyl groups excluding tert-OH is 1. The standard InChI is InChI=1S/C44H65FN6O10/c1-12-19-49(11)32-20-27(5)58-39(35(32)53)60-38-29(7)37(54)43(9,45)40(55)59-33(13-2)44(10)36(28(6)34(52)25(3)21-42(38,8)57)51(41(56)61-44)48-18-16-26(4)50-23-31(47-24-50)30-15-14-17-46-22-30/h12,14-15,17,22-29,32-33,35-36,38-39,48,53,57H,1,13,16,18-21H2,2-11H3/t25-,26?,27-,28+,29+,32+,33-,35-,36?,38-,39?,42-,43+,44-/m1/s1. The molecular weight excluding hydrogens is 792 g/mol. The van der Waals surface area contributed by atoms with Crippen molar-refractivity contribution >= 4 is 23.6 Å². The molecule has 5 rings (SSSR count). The van der Waals surface area contributed by atoms with Crippen LogP contribution in [0.1, 0.15) is 94.0 Å². The van der Waals surface area contributed by atoms with E-state index < -0.39 is 95.3 Å². The molecule has 0 aromatic carbocycles. The molecule has 3 saturated heterocycles. The summed E-state index contributed by atoms with van der Waals surface area (Å²) in [5.41, 5.74) is -2.22. The minimum atomic E-state index is -3.26. The normalized spacial score (nSPS) is 37.2. The molecular formula is C44H65FN6O10. The zero-order chi connectivity index (χ0) is 45.2. The largest absolute Gasteiger partial charge is 0.455 e. The Morgan fingerprint density at radius 1 is 1.16 bits per heavy atom. The third-order valence-corrected chi connectivity index (χ3v) is 12.9. The van der Waals surface area contributed by atoms with Crippen LogP contribution in [-0.4, -0.2) is 138 Å². The SMILES string of the molecule is C=CCN(C)[C@H]1C[C@@H](C)OC(O[C@@H]2[C@@H](C)C(=O)[C@](C)(F)C(=O)O[C@H](CC)[C@@]3(C)OC(=O)N(NCCC(C)n4cnc(-c5cccnc5)c4)C3[C@@H](C)C(=O)[C@H](C)C[C@@]2(C)O)[C@@H]1O. The van der Waals surface area contributed by atoms with Crippen LogP contribution in [0.4, 0.5) is 9.18 Å². The van der Waals surface area contributed by atoms with Crippen molar-refractivity contribution in [1.82, 2.24) is 29.9 Å². The number of nitrogens with one attached hydrogen (secondary N) is 1. The van der Waals surface area contributed by atoms with Gasteiger partial charge < -0.3 is 33.7 Å². The summed E-state index contributed by atoms with van der Waals surface area (Å²) in [5.74, 6) is -6.57. The number of pyridine rings is 1. The quantitative estimate of drug-likeness (QED) is 0.152. The summed E-state index contributed by atoms with van der Waals surface area (Å²) in [6, 6.07) is 2.11. The van der Waals surface area contributed by atoms with Crippen molar-refractivity contribution in [3.63, 3.8) is 0 Å². The fourth-order valence-corrected chi connectivity index (χ4v) is 9.41. The van der Waals surface area contributed by atoms with E-state index in [0.29, 0.717) is 19.4 Å².